The maximum atomic E-state index is 10.5. The van der Waals surface area contributed by atoms with Crippen LogP contribution in [0.2, 0.25) is 0 Å². The average molecular weight is 204 g/mol. The van der Waals surface area contributed by atoms with Gasteiger partial charge in [0, 0.05) is 6.42 Å². The zero-order valence-corrected chi connectivity index (χ0v) is 8.99. The molecule has 0 amide bonds. The topological polar surface area (TPSA) is 37.3 Å². The van der Waals surface area contributed by atoms with Gasteiger partial charge in [0.15, 0.2) is 0 Å². The summed E-state index contributed by atoms with van der Waals surface area (Å²) >= 11 is 0. The van der Waals surface area contributed by atoms with Gasteiger partial charge in [-0.25, -0.2) is 0 Å². The molecule has 1 N–H and O–H groups in total. The maximum Gasteiger partial charge on any atom is 0.303 e. The number of hydrogen-bond donors (Lipinski definition) is 1. The fourth-order valence-corrected chi connectivity index (χ4v) is 2.52. The molecule has 0 radical (unpaired) electrons. The molecular weight excluding hydrogens is 188 g/mol. The summed E-state index contributed by atoms with van der Waals surface area (Å²) in [5, 5.41) is 8.68. The lowest BCUT2D eigenvalue weighted by Crippen LogP contribution is -2.00. The number of carboxylic acid groups (broad SMARTS) is 1. The average Bonchev–Trinajstić information content (AvgIpc) is 2.59. The van der Waals surface area contributed by atoms with Crippen LogP contribution < -0.4 is 0 Å². The molecule has 2 nitrogen and oxygen atoms in total. The van der Waals surface area contributed by atoms with Crippen molar-refractivity contribution in [3.8, 4) is 0 Å². The van der Waals surface area contributed by atoms with E-state index in [-0.39, 0.29) is 6.42 Å². The summed E-state index contributed by atoms with van der Waals surface area (Å²) in [6.45, 7) is 2.14. The predicted octanol–water partition coefficient (Wildman–Crippen LogP) is 2.89. The fourth-order valence-electron chi connectivity index (χ4n) is 2.52. The molecule has 0 fully saturated rings. The summed E-state index contributed by atoms with van der Waals surface area (Å²) < 4.78 is 0. The molecule has 1 unspecified atom stereocenters. The van der Waals surface area contributed by atoms with E-state index in [2.05, 4.69) is 25.1 Å². The Kier molecular flexibility index (Phi) is 2.76. The van der Waals surface area contributed by atoms with E-state index < -0.39 is 5.97 Å². The third-order valence-corrected chi connectivity index (χ3v) is 3.34. The molecular formula is C13H16O2. The minimum Gasteiger partial charge on any atom is -0.481 e. The molecule has 0 heterocycles. The lowest BCUT2D eigenvalue weighted by molar-refractivity contribution is -0.137. The van der Waals surface area contributed by atoms with E-state index >= 15 is 0 Å². The number of carbonyl (C=O) groups is 1. The van der Waals surface area contributed by atoms with Crippen molar-refractivity contribution in [2.24, 2.45) is 0 Å². The summed E-state index contributed by atoms with van der Waals surface area (Å²) in [6.07, 6.45) is 3.31. The van der Waals surface area contributed by atoms with Crippen LogP contribution in [-0.4, -0.2) is 11.1 Å². The van der Waals surface area contributed by atoms with Crippen LogP contribution in [0.1, 0.15) is 41.9 Å². The maximum absolute atomic E-state index is 10.5. The van der Waals surface area contributed by atoms with E-state index in [0.717, 1.165) is 19.3 Å². The smallest absolute Gasteiger partial charge is 0.303 e. The summed E-state index contributed by atoms with van der Waals surface area (Å²) in [6, 6.07) is 6.37. The van der Waals surface area contributed by atoms with Crippen LogP contribution in [0.4, 0.5) is 0 Å². The predicted molar refractivity (Wildman–Crippen MR) is 59.1 cm³/mol. The van der Waals surface area contributed by atoms with Crippen LogP contribution in [0.5, 0.6) is 0 Å². The second kappa shape index (κ2) is 4.05. The first-order valence-electron chi connectivity index (χ1n) is 5.48. The largest absolute Gasteiger partial charge is 0.481 e. The first-order chi connectivity index (χ1) is 7.18. The number of fused-ring (bicyclic) bond motifs is 1. The number of carboxylic acids is 1. The number of aryl methyl sites for hydroxylation is 1. The Bertz CT molecular complexity index is 382. The molecule has 1 aromatic rings. The van der Waals surface area contributed by atoms with Crippen molar-refractivity contribution in [2.45, 2.75) is 38.5 Å². The van der Waals surface area contributed by atoms with Crippen LogP contribution >= 0.6 is 0 Å². The van der Waals surface area contributed by atoms with E-state index in [1.807, 2.05) is 0 Å². The molecule has 0 spiro atoms. The van der Waals surface area contributed by atoms with Crippen LogP contribution in [0.3, 0.4) is 0 Å². The second-order valence-electron chi connectivity index (χ2n) is 4.31. The van der Waals surface area contributed by atoms with Gasteiger partial charge in [-0.05, 0) is 48.8 Å². The van der Waals surface area contributed by atoms with Gasteiger partial charge < -0.3 is 5.11 Å². The van der Waals surface area contributed by atoms with Gasteiger partial charge in [-0.15, -0.1) is 0 Å². The standard InChI is InChI=1S/C13H16O2/c1-9-3-2-4-12-10(5-7-11(9)12)6-8-13(14)15/h2-4,10H,5-8H2,1H3,(H,14,15). The molecule has 0 saturated carbocycles. The molecule has 1 aliphatic carbocycles. The highest BCUT2D eigenvalue weighted by Crippen LogP contribution is 2.37. The van der Waals surface area contributed by atoms with Gasteiger partial charge in [0.05, 0.1) is 0 Å². The Hall–Kier alpha value is -1.31. The van der Waals surface area contributed by atoms with Crippen molar-refractivity contribution in [1.29, 1.82) is 0 Å². The first kappa shape index (κ1) is 10.2. The van der Waals surface area contributed by atoms with Gasteiger partial charge in [-0.3, -0.25) is 4.79 Å². The molecule has 1 atom stereocenters. The van der Waals surface area contributed by atoms with E-state index in [9.17, 15) is 4.79 Å². The Morgan fingerprint density at radius 1 is 1.53 bits per heavy atom. The van der Waals surface area contributed by atoms with Crippen molar-refractivity contribution in [3.05, 3.63) is 34.9 Å². The third-order valence-electron chi connectivity index (χ3n) is 3.34. The lowest BCUT2D eigenvalue weighted by Gasteiger charge is -2.10. The number of aliphatic carboxylic acids is 1. The number of benzene rings is 1. The van der Waals surface area contributed by atoms with Crippen LogP contribution in [-0.2, 0) is 11.2 Å². The quantitative estimate of drug-likeness (QED) is 0.822. The monoisotopic (exact) mass is 204 g/mol. The van der Waals surface area contributed by atoms with Gasteiger partial charge >= 0.3 is 5.97 Å². The molecule has 1 aromatic carbocycles. The van der Waals surface area contributed by atoms with E-state index in [1.54, 1.807) is 0 Å². The van der Waals surface area contributed by atoms with Crippen LogP contribution in [0.15, 0.2) is 18.2 Å². The Morgan fingerprint density at radius 3 is 3.07 bits per heavy atom. The number of rotatable bonds is 3. The van der Waals surface area contributed by atoms with Crippen molar-refractivity contribution in [3.63, 3.8) is 0 Å². The molecule has 0 saturated heterocycles. The zero-order chi connectivity index (χ0) is 10.8. The molecule has 0 bridgehead atoms. The SMILES string of the molecule is Cc1cccc2c1CCC2CCC(=O)O. The van der Waals surface area contributed by atoms with Gasteiger partial charge in [0.1, 0.15) is 0 Å². The highest BCUT2D eigenvalue weighted by atomic mass is 16.4. The Labute approximate surface area is 89.9 Å². The highest BCUT2D eigenvalue weighted by Gasteiger charge is 2.23. The highest BCUT2D eigenvalue weighted by molar-refractivity contribution is 5.66. The molecule has 15 heavy (non-hydrogen) atoms. The van der Waals surface area contributed by atoms with Gasteiger partial charge in [0.2, 0.25) is 0 Å². The van der Waals surface area contributed by atoms with Crippen molar-refractivity contribution >= 4 is 5.97 Å². The fraction of sp³-hybridized carbons (Fsp3) is 0.462. The molecule has 1 aliphatic rings. The first-order valence-corrected chi connectivity index (χ1v) is 5.48. The summed E-state index contributed by atoms with van der Waals surface area (Å²) in [4.78, 5) is 10.5. The second-order valence-corrected chi connectivity index (χ2v) is 4.31. The zero-order valence-electron chi connectivity index (χ0n) is 8.99. The minimum atomic E-state index is -0.684. The van der Waals surface area contributed by atoms with E-state index in [1.165, 1.54) is 16.7 Å². The Balaban J connectivity index is 2.14. The van der Waals surface area contributed by atoms with Crippen LogP contribution in [0.25, 0.3) is 0 Å². The van der Waals surface area contributed by atoms with Crippen molar-refractivity contribution in [2.75, 3.05) is 0 Å². The number of hydrogen-bond acceptors (Lipinski definition) is 1. The van der Waals surface area contributed by atoms with Gasteiger partial charge in [-0.2, -0.15) is 0 Å². The summed E-state index contributed by atoms with van der Waals surface area (Å²) in [5.74, 6) is -0.216. The molecule has 2 rings (SSSR count). The van der Waals surface area contributed by atoms with Gasteiger partial charge in [0.25, 0.3) is 0 Å². The Morgan fingerprint density at radius 2 is 2.33 bits per heavy atom. The van der Waals surface area contributed by atoms with Crippen LogP contribution in [0, 0.1) is 6.92 Å². The molecule has 80 valence electrons. The van der Waals surface area contributed by atoms with E-state index in [4.69, 9.17) is 5.11 Å². The van der Waals surface area contributed by atoms with Gasteiger partial charge in [-0.1, -0.05) is 18.2 Å². The normalized spacial score (nSPS) is 18.9. The minimum absolute atomic E-state index is 0.290. The van der Waals surface area contributed by atoms with E-state index in [0.29, 0.717) is 5.92 Å². The van der Waals surface area contributed by atoms with Crippen molar-refractivity contribution < 1.29 is 9.90 Å². The molecule has 0 aromatic heterocycles. The lowest BCUT2D eigenvalue weighted by atomic mass is 9.95. The molecule has 0 aliphatic heterocycles. The summed E-state index contributed by atoms with van der Waals surface area (Å²) in [7, 11) is 0. The van der Waals surface area contributed by atoms with Crippen molar-refractivity contribution in [1.82, 2.24) is 0 Å². The molecule has 2 heteroatoms. The third kappa shape index (κ3) is 2.04. The summed E-state index contributed by atoms with van der Waals surface area (Å²) in [5.41, 5.74) is 4.19.